The molecule has 0 aliphatic carbocycles. The number of rotatable bonds is 5. The third-order valence-electron chi connectivity index (χ3n) is 2.33. The normalized spacial score (nSPS) is 15.3. The summed E-state index contributed by atoms with van der Waals surface area (Å²) in [6.07, 6.45) is 1.49. The van der Waals surface area contributed by atoms with Gasteiger partial charge in [0.25, 0.3) is 0 Å². The Bertz CT molecular complexity index is 314. The Labute approximate surface area is 98.0 Å². The predicted octanol–water partition coefficient (Wildman–Crippen LogP) is 1.86. The molecule has 15 heavy (non-hydrogen) atoms. The van der Waals surface area contributed by atoms with Crippen LogP contribution in [0.5, 0.6) is 0 Å². The molecule has 0 bridgehead atoms. The lowest BCUT2D eigenvalue weighted by Gasteiger charge is -2.18. The Morgan fingerprint density at radius 3 is 2.67 bits per heavy atom. The van der Waals surface area contributed by atoms with E-state index < -0.39 is 12.2 Å². The molecule has 0 radical (unpaired) electrons. The van der Waals surface area contributed by atoms with Crippen molar-refractivity contribution in [3.8, 4) is 0 Å². The lowest BCUT2D eigenvalue weighted by Crippen LogP contribution is -2.21. The van der Waals surface area contributed by atoms with Gasteiger partial charge in [-0.2, -0.15) is 5.10 Å². The second-order valence-electron chi connectivity index (χ2n) is 3.52. The monoisotopic (exact) mass is 276 g/mol. The zero-order chi connectivity index (χ0) is 11.4. The largest absolute Gasteiger partial charge is 0.390 e. The van der Waals surface area contributed by atoms with Crippen LogP contribution in [0.4, 0.5) is 0 Å². The van der Waals surface area contributed by atoms with Crippen LogP contribution >= 0.6 is 15.9 Å². The van der Waals surface area contributed by atoms with Gasteiger partial charge >= 0.3 is 0 Å². The molecule has 2 N–H and O–H groups in total. The van der Waals surface area contributed by atoms with E-state index in [-0.39, 0.29) is 0 Å². The fourth-order valence-corrected chi connectivity index (χ4v) is 1.99. The highest BCUT2D eigenvalue weighted by atomic mass is 79.9. The Kier molecular flexibility index (Phi) is 4.76. The molecule has 1 rings (SSSR count). The van der Waals surface area contributed by atoms with Gasteiger partial charge in [0.2, 0.25) is 0 Å². The van der Waals surface area contributed by atoms with Crippen LogP contribution in [0, 0.1) is 0 Å². The molecule has 0 amide bonds. The number of aryl methyl sites for hydroxylation is 1. The number of aromatic nitrogens is 2. The van der Waals surface area contributed by atoms with Crippen molar-refractivity contribution >= 4 is 15.9 Å². The van der Waals surface area contributed by atoms with Gasteiger partial charge in [-0.25, -0.2) is 0 Å². The quantitative estimate of drug-likeness (QED) is 0.863. The van der Waals surface area contributed by atoms with Crippen LogP contribution in [0.15, 0.2) is 10.7 Å². The summed E-state index contributed by atoms with van der Waals surface area (Å²) in [6, 6.07) is 0. The maximum Gasteiger partial charge on any atom is 0.123 e. The van der Waals surface area contributed by atoms with Gasteiger partial charge in [-0.1, -0.05) is 13.8 Å². The SMILES string of the molecule is CCCn1ncc(Br)c1C(O)C(O)CC. The topological polar surface area (TPSA) is 58.3 Å². The number of aliphatic hydroxyl groups excluding tert-OH is 2. The minimum absolute atomic E-state index is 0.519. The summed E-state index contributed by atoms with van der Waals surface area (Å²) in [5.41, 5.74) is 0.659. The van der Waals surface area contributed by atoms with Crippen LogP contribution in [0.3, 0.4) is 0 Å². The zero-order valence-electron chi connectivity index (χ0n) is 9.02. The number of hydrogen-bond acceptors (Lipinski definition) is 3. The minimum Gasteiger partial charge on any atom is -0.390 e. The van der Waals surface area contributed by atoms with E-state index in [1.54, 1.807) is 10.9 Å². The molecule has 86 valence electrons. The summed E-state index contributed by atoms with van der Waals surface area (Å²) in [7, 11) is 0. The molecule has 0 saturated carbocycles. The molecule has 1 heterocycles. The fourth-order valence-electron chi connectivity index (χ4n) is 1.46. The molecule has 0 spiro atoms. The van der Waals surface area contributed by atoms with Gasteiger partial charge in [-0.05, 0) is 28.8 Å². The molecule has 2 atom stereocenters. The number of halogens is 1. The van der Waals surface area contributed by atoms with Crippen molar-refractivity contribution in [3.05, 3.63) is 16.4 Å². The smallest absolute Gasteiger partial charge is 0.123 e. The minimum atomic E-state index is -0.876. The number of hydrogen-bond donors (Lipinski definition) is 2. The lowest BCUT2D eigenvalue weighted by atomic mass is 10.1. The van der Waals surface area contributed by atoms with Gasteiger partial charge in [0.05, 0.1) is 22.5 Å². The third kappa shape index (κ3) is 2.80. The van der Waals surface area contributed by atoms with Crippen LogP contribution in [0.2, 0.25) is 0 Å². The van der Waals surface area contributed by atoms with Crippen molar-refractivity contribution in [2.45, 2.75) is 45.4 Å². The first-order valence-corrected chi connectivity index (χ1v) is 5.98. The number of aliphatic hydroxyl groups is 2. The summed E-state index contributed by atoms with van der Waals surface area (Å²) in [6.45, 7) is 4.62. The van der Waals surface area contributed by atoms with Crippen LogP contribution in [0.1, 0.15) is 38.5 Å². The van der Waals surface area contributed by atoms with Gasteiger partial charge in [0.15, 0.2) is 0 Å². The molecular weight excluding hydrogens is 260 g/mol. The summed E-state index contributed by atoms with van der Waals surface area (Å²) in [5, 5.41) is 23.7. The molecule has 2 unspecified atom stereocenters. The Morgan fingerprint density at radius 1 is 1.47 bits per heavy atom. The van der Waals surface area contributed by atoms with E-state index in [0.717, 1.165) is 17.4 Å². The first kappa shape index (κ1) is 12.7. The summed E-state index contributed by atoms with van der Waals surface area (Å²) in [4.78, 5) is 0. The molecule has 1 aromatic rings. The average molecular weight is 277 g/mol. The summed E-state index contributed by atoms with van der Waals surface area (Å²) < 4.78 is 2.48. The highest BCUT2D eigenvalue weighted by Gasteiger charge is 2.23. The van der Waals surface area contributed by atoms with Crippen molar-refractivity contribution in [3.63, 3.8) is 0 Å². The Morgan fingerprint density at radius 2 is 2.13 bits per heavy atom. The molecule has 0 aliphatic rings. The molecule has 4 nitrogen and oxygen atoms in total. The van der Waals surface area contributed by atoms with E-state index in [4.69, 9.17) is 0 Å². The van der Waals surface area contributed by atoms with E-state index >= 15 is 0 Å². The van der Waals surface area contributed by atoms with Crippen molar-refractivity contribution in [1.29, 1.82) is 0 Å². The Balaban J connectivity index is 2.94. The average Bonchev–Trinajstić information content (AvgIpc) is 2.58. The van der Waals surface area contributed by atoms with E-state index in [1.165, 1.54) is 0 Å². The van der Waals surface area contributed by atoms with E-state index in [2.05, 4.69) is 21.0 Å². The van der Waals surface area contributed by atoms with E-state index in [9.17, 15) is 10.2 Å². The van der Waals surface area contributed by atoms with Gasteiger partial charge in [-0.3, -0.25) is 4.68 Å². The van der Waals surface area contributed by atoms with E-state index in [0.29, 0.717) is 12.1 Å². The van der Waals surface area contributed by atoms with Crippen molar-refractivity contribution < 1.29 is 10.2 Å². The second-order valence-corrected chi connectivity index (χ2v) is 4.38. The summed E-state index contributed by atoms with van der Waals surface area (Å²) >= 11 is 3.33. The number of nitrogens with zero attached hydrogens (tertiary/aromatic N) is 2. The molecule has 1 aromatic heterocycles. The predicted molar refractivity (Wildman–Crippen MR) is 61.5 cm³/mol. The highest BCUT2D eigenvalue weighted by molar-refractivity contribution is 9.10. The highest BCUT2D eigenvalue weighted by Crippen LogP contribution is 2.26. The molecule has 0 aliphatic heterocycles. The lowest BCUT2D eigenvalue weighted by molar-refractivity contribution is 0.0107. The van der Waals surface area contributed by atoms with Crippen LogP contribution < -0.4 is 0 Å². The van der Waals surface area contributed by atoms with E-state index in [1.807, 2.05) is 13.8 Å². The van der Waals surface area contributed by atoms with Crippen molar-refractivity contribution in [2.75, 3.05) is 0 Å². The standard InChI is InChI=1S/C10H17BrN2O2/c1-3-5-13-9(7(11)6-12-13)10(15)8(14)4-2/h6,8,10,14-15H,3-5H2,1-2H3. The van der Waals surface area contributed by atoms with Crippen LogP contribution in [0.25, 0.3) is 0 Å². The van der Waals surface area contributed by atoms with Gasteiger partial charge in [0, 0.05) is 6.54 Å². The van der Waals surface area contributed by atoms with Crippen molar-refractivity contribution in [2.24, 2.45) is 0 Å². The second kappa shape index (κ2) is 5.63. The fraction of sp³-hybridized carbons (Fsp3) is 0.700. The third-order valence-corrected chi connectivity index (χ3v) is 2.94. The molecule has 0 aromatic carbocycles. The molecule has 5 heteroatoms. The van der Waals surface area contributed by atoms with Gasteiger partial charge < -0.3 is 10.2 Å². The van der Waals surface area contributed by atoms with Crippen LogP contribution in [-0.4, -0.2) is 26.1 Å². The van der Waals surface area contributed by atoms with Gasteiger partial charge in [-0.15, -0.1) is 0 Å². The maximum atomic E-state index is 9.93. The molecular formula is C10H17BrN2O2. The van der Waals surface area contributed by atoms with Crippen molar-refractivity contribution in [1.82, 2.24) is 9.78 Å². The maximum absolute atomic E-state index is 9.93. The Hall–Kier alpha value is -0.390. The molecule has 0 saturated heterocycles. The van der Waals surface area contributed by atoms with Crippen LogP contribution in [-0.2, 0) is 6.54 Å². The zero-order valence-corrected chi connectivity index (χ0v) is 10.6. The molecule has 0 fully saturated rings. The summed E-state index contributed by atoms with van der Waals surface area (Å²) in [5.74, 6) is 0. The first-order chi connectivity index (χ1) is 7.11. The first-order valence-electron chi connectivity index (χ1n) is 5.19. The van der Waals surface area contributed by atoms with Gasteiger partial charge in [0.1, 0.15) is 6.10 Å².